The average molecular weight is 548 g/mol. The Morgan fingerprint density at radius 2 is 1.76 bits per heavy atom. The van der Waals surface area contributed by atoms with Crippen LogP contribution in [0.4, 0.5) is 0 Å². The Hall–Kier alpha value is -2.47. The van der Waals surface area contributed by atoms with E-state index < -0.39 is 0 Å². The lowest BCUT2D eigenvalue weighted by atomic mass is 9.81. The Bertz CT molecular complexity index is 1240. The average Bonchev–Trinajstić information content (AvgIpc) is 2.78. The molecule has 33 heavy (non-hydrogen) atoms. The highest BCUT2D eigenvalue weighted by Crippen LogP contribution is 2.43. The third-order valence-electron chi connectivity index (χ3n) is 5.52. The molecule has 1 aliphatic rings. The van der Waals surface area contributed by atoms with E-state index in [1.807, 2.05) is 30.3 Å². The summed E-state index contributed by atoms with van der Waals surface area (Å²) in [6, 6.07) is 17.1. The van der Waals surface area contributed by atoms with E-state index in [9.17, 15) is 4.79 Å². The van der Waals surface area contributed by atoms with Gasteiger partial charge in [-0.15, -0.1) is 0 Å². The lowest BCUT2D eigenvalue weighted by Gasteiger charge is -2.27. The van der Waals surface area contributed by atoms with Gasteiger partial charge in [0.25, 0.3) is 0 Å². The first-order chi connectivity index (χ1) is 15.9. The molecule has 0 radical (unpaired) electrons. The van der Waals surface area contributed by atoms with E-state index >= 15 is 0 Å². The van der Waals surface area contributed by atoms with Gasteiger partial charge < -0.3 is 14.2 Å². The van der Waals surface area contributed by atoms with Crippen LogP contribution in [0.5, 0.6) is 11.5 Å². The van der Waals surface area contributed by atoms with E-state index in [0.29, 0.717) is 33.7 Å². The van der Waals surface area contributed by atoms with Crippen LogP contribution in [0, 0.1) is 0 Å². The number of ether oxygens (including phenoxy) is 3. The van der Waals surface area contributed by atoms with Crippen LogP contribution >= 0.6 is 39.1 Å². The summed E-state index contributed by atoms with van der Waals surface area (Å²) in [5.41, 5.74) is 3.81. The number of benzene rings is 3. The maximum atomic E-state index is 12.7. The molecule has 1 aliphatic carbocycles. The molecule has 0 saturated carbocycles. The SMILES string of the molecule is COc1ccc(CC(=O)OC2=Cc3cc(Cl)c(OC)cc3C(c3cccc(Br)c3)C2)cc1Cl. The number of rotatable bonds is 6. The van der Waals surface area contributed by atoms with Gasteiger partial charge in [0, 0.05) is 16.8 Å². The van der Waals surface area contributed by atoms with Crippen molar-refractivity contribution in [1.82, 2.24) is 0 Å². The molecule has 0 heterocycles. The Morgan fingerprint density at radius 1 is 1.00 bits per heavy atom. The van der Waals surface area contributed by atoms with Crippen molar-refractivity contribution in [2.24, 2.45) is 0 Å². The molecule has 0 spiro atoms. The standard InChI is InChI=1S/C26H21BrCl2O4/c1-31-24-7-6-15(8-22(24)28)9-26(30)33-19-11-17-12-23(29)25(32-2)14-21(17)20(13-19)16-4-3-5-18(27)10-16/h3-8,10-12,14,20H,9,13H2,1-2H3. The number of carbonyl (C=O) groups is 1. The lowest BCUT2D eigenvalue weighted by molar-refractivity contribution is -0.138. The first-order valence-corrected chi connectivity index (χ1v) is 11.8. The van der Waals surface area contributed by atoms with Crippen molar-refractivity contribution < 1.29 is 19.0 Å². The van der Waals surface area contributed by atoms with E-state index in [4.69, 9.17) is 37.4 Å². The van der Waals surface area contributed by atoms with E-state index in [1.165, 1.54) is 0 Å². The Morgan fingerprint density at radius 3 is 2.45 bits per heavy atom. The van der Waals surface area contributed by atoms with Crippen LogP contribution in [0.15, 0.2) is 64.8 Å². The highest BCUT2D eigenvalue weighted by Gasteiger charge is 2.27. The van der Waals surface area contributed by atoms with Crippen molar-refractivity contribution in [1.29, 1.82) is 0 Å². The summed E-state index contributed by atoms with van der Waals surface area (Å²) in [6.07, 6.45) is 2.50. The molecule has 3 aromatic carbocycles. The third kappa shape index (κ3) is 5.37. The smallest absolute Gasteiger partial charge is 0.315 e. The zero-order valence-electron chi connectivity index (χ0n) is 18.0. The molecule has 0 N–H and O–H groups in total. The number of halogens is 3. The number of fused-ring (bicyclic) bond motifs is 1. The zero-order valence-corrected chi connectivity index (χ0v) is 21.1. The van der Waals surface area contributed by atoms with Gasteiger partial charge in [-0.1, -0.05) is 57.3 Å². The number of carbonyl (C=O) groups excluding carboxylic acids is 1. The molecule has 4 rings (SSSR count). The summed E-state index contributed by atoms with van der Waals surface area (Å²) in [6.45, 7) is 0. The third-order valence-corrected chi connectivity index (χ3v) is 6.60. The molecule has 1 atom stereocenters. The Kier molecular flexibility index (Phi) is 7.32. The molecule has 170 valence electrons. The van der Waals surface area contributed by atoms with Crippen LogP contribution in [0.3, 0.4) is 0 Å². The topological polar surface area (TPSA) is 44.8 Å². The minimum absolute atomic E-state index is 0.0214. The molecule has 0 amide bonds. The molecule has 0 aliphatic heterocycles. The molecular formula is C26H21BrCl2O4. The van der Waals surface area contributed by atoms with Crippen molar-refractivity contribution in [3.63, 3.8) is 0 Å². The number of allylic oxidation sites excluding steroid dienone is 1. The number of hydrogen-bond acceptors (Lipinski definition) is 4. The molecule has 7 heteroatoms. The number of esters is 1. The van der Waals surface area contributed by atoms with Gasteiger partial charge in [0.05, 0.1) is 30.7 Å². The highest BCUT2D eigenvalue weighted by atomic mass is 79.9. The second-order valence-corrected chi connectivity index (χ2v) is 9.39. The molecule has 0 aromatic heterocycles. The van der Waals surface area contributed by atoms with Gasteiger partial charge >= 0.3 is 5.97 Å². The van der Waals surface area contributed by atoms with Crippen LogP contribution in [-0.4, -0.2) is 20.2 Å². The predicted molar refractivity (Wildman–Crippen MR) is 134 cm³/mol. The van der Waals surface area contributed by atoms with E-state index in [-0.39, 0.29) is 18.3 Å². The molecule has 0 saturated heterocycles. The lowest BCUT2D eigenvalue weighted by Crippen LogP contribution is -2.15. The minimum atomic E-state index is -0.362. The number of methoxy groups -OCH3 is 2. The van der Waals surface area contributed by atoms with Gasteiger partial charge in [0.1, 0.15) is 17.3 Å². The maximum Gasteiger partial charge on any atom is 0.315 e. The molecule has 3 aromatic rings. The van der Waals surface area contributed by atoms with Crippen LogP contribution in [0.2, 0.25) is 10.0 Å². The van der Waals surface area contributed by atoms with Gasteiger partial charge in [0.15, 0.2) is 0 Å². The first-order valence-electron chi connectivity index (χ1n) is 10.2. The van der Waals surface area contributed by atoms with Crippen molar-refractivity contribution in [3.8, 4) is 11.5 Å². The van der Waals surface area contributed by atoms with E-state index in [2.05, 4.69) is 28.1 Å². The van der Waals surface area contributed by atoms with Crippen molar-refractivity contribution in [2.45, 2.75) is 18.8 Å². The molecular weight excluding hydrogens is 527 g/mol. The maximum absolute atomic E-state index is 12.7. The first kappa shape index (κ1) is 23.7. The van der Waals surface area contributed by atoms with Crippen LogP contribution in [0.25, 0.3) is 6.08 Å². The fourth-order valence-electron chi connectivity index (χ4n) is 3.97. The largest absolute Gasteiger partial charge is 0.495 e. The summed E-state index contributed by atoms with van der Waals surface area (Å²) >= 11 is 16.1. The van der Waals surface area contributed by atoms with Crippen molar-refractivity contribution in [2.75, 3.05) is 14.2 Å². The van der Waals surface area contributed by atoms with Gasteiger partial charge in [-0.25, -0.2) is 0 Å². The summed E-state index contributed by atoms with van der Waals surface area (Å²) < 4.78 is 17.4. The normalized spacial score (nSPS) is 14.8. The molecule has 1 unspecified atom stereocenters. The van der Waals surface area contributed by atoms with Crippen molar-refractivity contribution >= 4 is 51.2 Å². The molecule has 4 nitrogen and oxygen atoms in total. The highest BCUT2D eigenvalue weighted by molar-refractivity contribution is 9.10. The Balaban J connectivity index is 1.62. The quantitative estimate of drug-likeness (QED) is 0.301. The molecule has 0 fully saturated rings. The molecule has 0 bridgehead atoms. The van der Waals surface area contributed by atoms with Gasteiger partial charge in [0.2, 0.25) is 0 Å². The van der Waals surface area contributed by atoms with E-state index in [0.717, 1.165) is 26.7 Å². The fraction of sp³-hybridized carbons (Fsp3) is 0.192. The van der Waals surface area contributed by atoms with Crippen LogP contribution in [-0.2, 0) is 16.0 Å². The summed E-state index contributed by atoms with van der Waals surface area (Å²) in [5, 5.41) is 0.952. The fourth-order valence-corrected chi connectivity index (χ4v) is 4.92. The van der Waals surface area contributed by atoms with Gasteiger partial charge in [-0.05, 0) is 64.7 Å². The monoisotopic (exact) mass is 546 g/mol. The van der Waals surface area contributed by atoms with Gasteiger partial charge in [-0.2, -0.15) is 0 Å². The van der Waals surface area contributed by atoms with E-state index in [1.54, 1.807) is 32.4 Å². The second kappa shape index (κ2) is 10.2. The Labute approximate surface area is 211 Å². The zero-order chi connectivity index (χ0) is 23.5. The minimum Gasteiger partial charge on any atom is -0.495 e. The van der Waals surface area contributed by atoms with Crippen molar-refractivity contribution in [3.05, 3.63) is 97.1 Å². The summed E-state index contributed by atoms with van der Waals surface area (Å²) in [5.74, 6) is 1.37. The number of hydrogen-bond donors (Lipinski definition) is 0. The van der Waals surface area contributed by atoms with Gasteiger partial charge in [-0.3, -0.25) is 4.79 Å². The van der Waals surface area contributed by atoms with Crippen LogP contribution < -0.4 is 9.47 Å². The second-order valence-electron chi connectivity index (χ2n) is 7.66. The van der Waals surface area contributed by atoms with Crippen LogP contribution in [0.1, 0.15) is 34.6 Å². The predicted octanol–water partition coefficient (Wildman–Crippen LogP) is 7.44. The summed E-state index contributed by atoms with van der Waals surface area (Å²) in [7, 11) is 3.14. The summed E-state index contributed by atoms with van der Waals surface area (Å²) in [4.78, 5) is 12.7.